The lowest BCUT2D eigenvalue weighted by Gasteiger charge is -2.22. The largest absolute Gasteiger partial charge is 0.490 e. The van der Waals surface area contributed by atoms with Crippen LogP contribution in [0.2, 0.25) is 0 Å². The summed E-state index contributed by atoms with van der Waals surface area (Å²) in [6.07, 6.45) is 5.42. The van der Waals surface area contributed by atoms with E-state index in [0.717, 1.165) is 25.7 Å². The van der Waals surface area contributed by atoms with Crippen LogP contribution < -0.4 is 19.5 Å². The molecule has 1 amide bonds. The molecule has 1 aliphatic rings. The number of ether oxygens (including phenoxy) is 4. The van der Waals surface area contributed by atoms with Crippen molar-refractivity contribution < 1.29 is 28.5 Å². The molecular formula is C21H31NO6. The van der Waals surface area contributed by atoms with Crippen LogP contribution in [-0.2, 0) is 9.53 Å². The standard InChI is InChI=1S/C21H31NO6/c1-4-25-17-12-15(13-18(26-5-2)20(17)27-6-3)21(24)28-14-19(23)22-16-10-8-7-9-11-16/h12-13,16H,4-11,14H2,1-3H3,(H,22,23). The molecule has 0 spiro atoms. The van der Waals surface area contributed by atoms with Crippen LogP contribution in [0.3, 0.4) is 0 Å². The number of esters is 1. The molecule has 0 aromatic heterocycles. The van der Waals surface area contributed by atoms with Gasteiger partial charge in [0.15, 0.2) is 18.1 Å². The van der Waals surface area contributed by atoms with Crippen molar-refractivity contribution >= 4 is 11.9 Å². The summed E-state index contributed by atoms with van der Waals surface area (Å²) in [5.41, 5.74) is 0.251. The van der Waals surface area contributed by atoms with E-state index in [1.54, 1.807) is 12.1 Å². The zero-order chi connectivity index (χ0) is 20.4. The van der Waals surface area contributed by atoms with Crippen LogP contribution in [0.15, 0.2) is 12.1 Å². The number of amides is 1. The Morgan fingerprint density at radius 3 is 2.04 bits per heavy atom. The predicted octanol–water partition coefficient (Wildman–Crippen LogP) is 3.49. The zero-order valence-corrected chi connectivity index (χ0v) is 17.0. The molecule has 0 bridgehead atoms. The highest BCUT2D eigenvalue weighted by atomic mass is 16.5. The van der Waals surface area contributed by atoms with Crippen LogP contribution in [-0.4, -0.2) is 44.3 Å². The van der Waals surface area contributed by atoms with E-state index < -0.39 is 5.97 Å². The monoisotopic (exact) mass is 393 g/mol. The fraction of sp³-hybridized carbons (Fsp3) is 0.619. The van der Waals surface area contributed by atoms with E-state index in [0.29, 0.717) is 37.1 Å². The van der Waals surface area contributed by atoms with E-state index >= 15 is 0 Å². The lowest BCUT2D eigenvalue weighted by molar-refractivity contribution is -0.125. The van der Waals surface area contributed by atoms with E-state index in [9.17, 15) is 9.59 Å². The molecule has 1 N–H and O–H groups in total. The molecule has 0 unspecified atom stereocenters. The molecule has 1 fully saturated rings. The maximum Gasteiger partial charge on any atom is 0.338 e. The molecule has 0 heterocycles. The molecule has 1 aromatic rings. The first-order valence-corrected chi connectivity index (χ1v) is 10.1. The molecule has 156 valence electrons. The van der Waals surface area contributed by atoms with Gasteiger partial charge in [0.05, 0.1) is 25.4 Å². The SMILES string of the molecule is CCOc1cc(C(=O)OCC(=O)NC2CCCCC2)cc(OCC)c1OCC. The second-order valence-electron chi connectivity index (χ2n) is 6.58. The minimum Gasteiger partial charge on any atom is -0.490 e. The molecule has 1 aliphatic carbocycles. The Morgan fingerprint density at radius 1 is 0.929 bits per heavy atom. The summed E-state index contributed by atoms with van der Waals surface area (Å²) in [6, 6.07) is 3.29. The Kier molecular flexibility index (Phi) is 8.91. The third-order valence-corrected chi connectivity index (χ3v) is 4.45. The van der Waals surface area contributed by atoms with Gasteiger partial charge in [0.25, 0.3) is 5.91 Å². The first-order valence-electron chi connectivity index (χ1n) is 10.1. The summed E-state index contributed by atoms with van der Waals surface area (Å²) >= 11 is 0. The fourth-order valence-corrected chi connectivity index (χ4v) is 3.24. The second-order valence-corrected chi connectivity index (χ2v) is 6.58. The smallest absolute Gasteiger partial charge is 0.338 e. The summed E-state index contributed by atoms with van der Waals surface area (Å²) in [5.74, 6) is 0.394. The van der Waals surface area contributed by atoms with Crippen molar-refractivity contribution in [2.45, 2.75) is 58.9 Å². The third-order valence-electron chi connectivity index (χ3n) is 4.45. The molecule has 0 aliphatic heterocycles. The van der Waals surface area contributed by atoms with Crippen molar-refractivity contribution in [3.8, 4) is 17.2 Å². The number of hydrogen-bond acceptors (Lipinski definition) is 6. The Bertz CT molecular complexity index is 627. The van der Waals surface area contributed by atoms with Crippen molar-refractivity contribution in [1.29, 1.82) is 0 Å². The summed E-state index contributed by atoms with van der Waals surface area (Å²) in [4.78, 5) is 24.5. The molecule has 0 radical (unpaired) electrons. The van der Waals surface area contributed by atoms with Gasteiger partial charge in [-0.1, -0.05) is 19.3 Å². The van der Waals surface area contributed by atoms with Gasteiger partial charge in [0, 0.05) is 6.04 Å². The summed E-state index contributed by atoms with van der Waals surface area (Å²) < 4.78 is 22.0. The Morgan fingerprint density at radius 2 is 1.50 bits per heavy atom. The molecule has 1 saturated carbocycles. The number of nitrogens with one attached hydrogen (secondary N) is 1. The molecule has 1 aromatic carbocycles. The highest BCUT2D eigenvalue weighted by Crippen LogP contribution is 2.39. The van der Waals surface area contributed by atoms with Gasteiger partial charge in [0.1, 0.15) is 0 Å². The van der Waals surface area contributed by atoms with Gasteiger partial charge in [-0.3, -0.25) is 4.79 Å². The predicted molar refractivity (Wildman–Crippen MR) is 105 cm³/mol. The quantitative estimate of drug-likeness (QED) is 0.613. The van der Waals surface area contributed by atoms with E-state index in [2.05, 4.69) is 5.32 Å². The number of carbonyl (C=O) groups is 2. The average Bonchev–Trinajstić information content (AvgIpc) is 2.69. The van der Waals surface area contributed by atoms with Gasteiger partial charge >= 0.3 is 5.97 Å². The van der Waals surface area contributed by atoms with Crippen molar-refractivity contribution in [1.82, 2.24) is 5.32 Å². The minimum atomic E-state index is -0.608. The van der Waals surface area contributed by atoms with Gasteiger partial charge in [-0.05, 0) is 45.7 Å². The van der Waals surface area contributed by atoms with Crippen LogP contribution in [0, 0.1) is 0 Å². The highest BCUT2D eigenvalue weighted by molar-refractivity contribution is 5.92. The van der Waals surface area contributed by atoms with Gasteiger partial charge in [0.2, 0.25) is 5.75 Å². The average molecular weight is 393 g/mol. The van der Waals surface area contributed by atoms with Gasteiger partial charge < -0.3 is 24.3 Å². The third kappa shape index (κ3) is 6.32. The molecule has 7 heteroatoms. The molecule has 2 rings (SSSR count). The van der Waals surface area contributed by atoms with Crippen molar-refractivity contribution in [3.63, 3.8) is 0 Å². The first kappa shape index (κ1) is 21.9. The number of rotatable bonds is 10. The summed E-state index contributed by atoms with van der Waals surface area (Å²) in [7, 11) is 0. The maximum atomic E-state index is 12.5. The second kappa shape index (κ2) is 11.4. The van der Waals surface area contributed by atoms with Crippen molar-refractivity contribution in [2.75, 3.05) is 26.4 Å². The van der Waals surface area contributed by atoms with Crippen LogP contribution in [0.25, 0.3) is 0 Å². The van der Waals surface area contributed by atoms with Crippen LogP contribution in [0.4, 0.5) is 0 Å². The molecule has 0 saturated heterocycles. The molecule has 7 nitrogen and oxygen atoms in total. The lowest BCUT2D eigenvalue weighted by Crippen LogP contribution is -2.38. The minimum absolute atomic E-state index is 0.180. The molecular weight excluding hydrogens is 362 g/mol. The molecule has 0 atom stereocenters. The molecule has 28 heavy (non-hydrogen) atoms. The van der Waals surface area contributed by atoms with Crippen LogP contribution in [0.1, 0.15) is 63.2 Å². The van der Waals surface area contributed by atoms with Gasteiger partial charge in [-0.25, -0.2) is 4.79 Å². The lowest BCUT2D eigenvalue weighted by atomic mass is 9.95. The highest BCUT2D eigenvalue weighted by Gasteiger charge is 2.21. The number of carbonyl (C=O) groups excluding carboxylic acids is 2. The first-order chi connectivity index (χ1) is 13.6. The van der Waals surface area contributed by atoms with Crippen molar-refractivity contribution in [3.05, 3.63) is 17.7 Å². The Hall–Kier alpha value is -2.44. The van der Waals surface area contributed by atoms with E-state index in [1.165, 1.54) is 6.42 Å². The maximum absolute atomic E-state index is 12.5. The van der Waals surface area contributed by atoms with E-state index in [1.807, 2.05) is 20.8 Å². The van der Waals surface area contributed by atoms with Crippen molar-refractivity contribution in [2.24, 2.45) is 0 Å². The number of benzene rings is 1. The Balaban J connectivity index is 2.05. The Labute approximate surface area is 166 Å². The van der Waals surface area contributed by atoms with Gasteiger partial charge in [-0.15, -0.1) is 0 Å². The topological polar surface area (TPSA) is 83.1 Å². The number of hydrogen-bond donors (Lipinski definition) is 1. The van der Waals surface area contributed by atoms with Crippen LogP contribution >= 0.6 is 0 Å². The summed E-state index contributed by atoms with van der Waals surface area (Å²) in [6.45, 7) is 6.50. The van der Waals surface area contributed by atoms with Gasteiger partial charge in [-0.2, -0.15) is 0 Å². The van der Waals surface area contributed by atoms with E-state index in [-0.39, 0.29) is 24.1 Å². The zero-order valence-electron chi connectivity index (χ0n) is 17.0. The normalized spacial score (nSPS) is 14.2. The van der Waals surface area contributed by atoms with Crippen LogP contribution in [0.5, 0.6) is 17.2 Å². The summed E-state index contributed by atoms with van der Waals surface area (Å²) in [5, 5.41) is 2.93. The fourth-order valence-electron chi connectivity index (χ4n) is 3.24. The van der Waals surface area contributed by atoms with E-state index in [4.69, 9.17) is 18.9 Å².